The van der Waals surface area contributed by atoms with Crippen LogP contribution in [0.5, 0.6) is 11.5 Å². The molecule has 1 unspecified atom stereocenters. The molecule has 0 aliphatic carbocycles. The number of amides is 4. The van der Waals surface area contributed by atoms with Crippen molar-refractivity contribution in [2.24, 2.45) is 0 Å². The number of carbonyl (C=O) groups is 4. The highest BCUT2D eigenvalue weighted by Crippen LogP contribution is 2.34. The number of aliphatic hydroxyl groups excluding tert-OH is 1. The summed E-state index contributed by atoms with van der Waals surface area (Å²) in [6.45, 7) is 5.35. The second kappa shape index (κ2) is 13.7. The van der Waals surface area contributed by atoms with E-state index in [9.17, 15) is 19.2 Å². The fourth-order valence-corrected chi connectivity index (χ4v) is 5.81. The molecule has 4 aromatic rings. The van der Waals surface area contributed by atoms with Gasteiger partial charge in [-0.2, -0.15) is 0 Å². The minimum absolute atomic E-state index is 0.0770. The van der Waals surface area contributed by atoms with Gasteiger partial charge in [-0.3, -0.25) is 29.4 Å². The molecule has 1 saturated heterocycles. The molecule has 48 heavy (non-hydrogen) atoms. The number of carbonyl (C=O) groups excluding carboxylic acids is 4. The summed E-state index contributed by atoms with van der Waals surface area (Å²) in [5.41, 5.74) is 3.61. The van der Waals surface area contributed by atoms with Crippen LogP contribution in [0.25, 0.3) is 0 Å². The Kier molecular flexibility index (Phi) is 9.26. The van der Waals surface area contributed by atoms with E-state index in [1.54, 1.807) is 18.2 Å². The summed E-state index contributed by atoms with van der Waals surface area (Å²) in [5.74, 6) is -0.258. The summed E-state index contributed by atoms with van der Waals surface area (Å²) in [7, 11) is 0. The first kappa shape index (κ1) is 32.5. The minimum atomic E-state index is -0.990. The van der Waals surface area contributed by atoms with E-state index in [2.05, 4.69) is 41.6 Å². The van der Waals surface area contributed by atoms with E-state index in [1.165, 1.54) is 6.26 Å². The Morgan fingerprint density at radius 1 is 0.938 bits per heavy atom. The zero-order valence-electron chi connectivity index (χ0n) is 26.7. The third-order valence-corrected chi connectivity index (χ3v) is 8.63. The summed E-state index contributed by atoms with van der Waals surface area (Å²) in [5, 5.41) is 14.6. The summed E-state index contributed by atoms with van der Waals surface area (Å²) < 4.78 is 17.0. The van der Waals surface area contributed by atoms with E-state index in [0.29, 0.717) is 42.6 Å². The van der Waals surface area contributed by atoms with Crippen molar-refractivity contribution < 1.29 is 38.2 Å². The fraction of sp³-hybridized carbons (Fsp3) is 0.306. The number of aromatic nitrogens is 1. The van der Waals surface area contributed by atoms with Crippen molar-refractivity contribution in [1.29, 1.82) is 0 Å². The molecule has 12 heteroatoms. The molecule has 6 rings (SSSR count). The van der Waals surface area contributed by atoms with Crippen molar-refractivity contribution in [2.45, 2.75) is 57.8 Å². The Hall–Kier alpha value is -5.49. The smallest absolute Gasteiger partial charge is 0.262 e. The van der Waals surface area contributed by atoms with Gasteiger partial charge >= 0.3 is 0 Å². The van der Waals surface area contributed by atoms with Crippen molar-refractivity contribution >= 4 is 29.3 Å². The Morgan fingerprint density at radius 2 is 1.60 bits per heavy atom. The lowest BCUT2D eigenvalue weighted by molar-refractivity contribution is -0.136. The Labute approximate surface area is 277 Å². The molecule has 0 radical (unpaired) electrons. The average Bonchev–Trinajstić information content (AvgIpc) is 3.65. The van der Waals surface area contributed by atoms with Crippen molar-refractivity contribution in [1.82, 2.24) is 15.2 Å². The Morgan fingerprint density at radius 3 is 2.25 bits per heavy atom. The first-order valence-electron chi connectivity index (χ1n) is 15.7. The fourth-order valence-electron chi connectivity index (χ4n) is 5.81. The first-order valence-corrected chi connectivity index (χ1v) is 15.7. The van der Waals surface area contributed by atoms with E-state index >= 15 is 0 Å². The van der Waals surface area contributed by atoms with Crippen LogP contribution >= 0.6 is 0 Å². The molecule has 0 bridgehead atoms. The zero-order chi connectivity index (χ0) is 33.8. The lowest BCUT2D eigenvalue weighted by Gasteiger charge is -2.27. The van der Waals surface area contributed by atoms with Crippen LogP contribution in [-0.2, 0) is 28.2 Å². The van der Waals surface area contributed by atoms with E-state index in [0.717, 1.165) is 21.8 Å². The van der Waals surface area contributed by atoms with Crippen LogP contribution in [0.15, 0.2) is 77.4 Å². The maximum Gasteiger partial charge on any atom is 0.262 e. The van der Waals surface area contributed by atoms with Crippen LogP contribution in [-0.4, -0.2) is 57.8 Å². The highest BCUT2D eigenvalue weighted by Gasteiger charge is 2.44. The molecule has 2 aliphatic heterocycles. The molecule has 248 valence electrons. The van der Waals surface area contributed by atoms with Crippen LogP contribution in [0.1, 0.15) is 76.5 Å². The number of nitrogens with one attached hydrogen (secondary N) is 2. The number of piperidine rings is 1. The minimum Gasteiger partial charge on any atom is -0.494 e. The standard InChI is InChI=1S/C36H36N4O8/c1-36(2,23-6-11-27(12-7-23)47-21-32-38-25(19-41)20-48-32)22-4-9-26(10-5-22)46-17-3-16-37-24-8-13-28-29(18-24)35(45)40(34(28)44)30-14-15-31(42)39-33(30)43/h4-13,18,20,30,37,41H,3,14-17,19,21H2,1-2H3,(H,39,42,43). The SMILES string of the molecule is CC(C)(c1ccc(OCCCNc2ccc3c(c2)C(=O)N(C2CCC(=O)NC2=O)C3=O)cc1)c1ccc(OCc2nc(CO)co2)cc1. The van der Waals surface area contributed by atoms with Gasteiger partial charge < -0.3 is 24.3 Å². The number of hydrogen-bond donors (Lipinski definition) is 3. The van der Waals surface area contributed by atoms with Gasteiger partial charge in [-0.1, -0.05) is 38.1 Å². The number of nitrogens with zero attached hydrogens (tertiary/aromatic N) is 2. The molecule has 1 aromatic heterocycles. The highest BCUT2D eigenvalue weighted by molar-refractivity contribution is 6.23. The average molecular weight is 653 g/mol. The molecule has 1 fully saturated rings. The van der Waals surface area contributed by atoms with Gasteiger partial charge in [0.25, 0.3) is 11.8 Å². The Balaban J connectivity index is 0.962. The van der Waals surface area contributed by atoms with Gasteiger partial charge in [0.15, 0.2) is 6.61 Å². The second-order valence-electron chi connectivity index (χ2n) is 12.2. The molecule has 3 aromatic carbocycles. The number of rotatable bonds is 13. The normalized spacial score (nSPS) is 16.1. The maximum atomic E-state index is 13.1. The van der Waals surface area contributed by atoms with Gasteiger partial charge in [-0.05, 0) is 66.4 Å². The second-order valence-corrected chi connectivity index (χ2v) is 12.2. The number of oxazole rings is 1. The van der Waals surface area contributed by atoms with E-state index < -0.39 is 29.7 Å². The van der Waals surface area contributed by atoms with Gasteiger partial charge in [-0.25, -0.2) is 4.98 Å². The van der Waals surface area contributed by atoms with Crippen LogP contribution in [0.3, 0.4) is 0 Å². The molecular weight excluding hydrogens is 616 g/mol. The predicted octanol–water partition coefficient (Wildman–Crippen LogP) is 4.35. The number of benzene rings is 3. The predicted molar refractivity (Wildman–Crippen MR) is 173 cm³/mol. The number of aliphatic hydroxyl groups is 1. The number of anilines is 1. The molecule has 12 nitrogen and oxygen atoms in total. The zero-order valence-corrected chi connectivity index (χ0v) is 26.7. The topological polar surface area (TPSA) is 160 Å². The first-order chi connectivity index (χ1) is 23.1. The summed E-state index contributed by atoms with van der Waals surface area (Å²) in [6, 6.07) is 19.9. The largest absolute Gasteiger partial charge is 0.494 e. The molecule has 3 heterocycles. The third kappa shape index (κ3) is 6.79. The Bertz CT molecular complexity index is 1830. The van der Waals surface area contributed by atoms with Gasteiger partial charge in [-0.15, -0.1) is 0 Å². The molecule has 4 amide bonds. The highest BCUT2D eigenvalue weighted by atomic mass is 16.5. The maximum absolute atomic E-state index is 13.1. The molecule has 0 saturated carbocycles. The summed E-state index contributed by atoms with van der Waals surface area (Å²) in [4.78, 5) is 54.8. The van der Waals surface area contributed by atoms with Crippen LogP contribution in [0, 0.1) is 0 Å². The quantitative estimate of drug-likeness (QED) is 0.140. The number of imide groups is 2. The number of hydrogen-bond acceptors (Lipinski definition) is 10. The van der Waals surface area contributed by atoms with E-state index in [1.807, 2.05) is 36.4 Å². The van der Waals surface area contributed by atoms with Crippen LogP contribution in [0.2, 0.25) is 0 Å². The van der Waals surface area contributed by atoms with Crippen molar-refractivity contribution in [2.75, 3.05) is 18.5 Å². The van der Waals surface area contributed by atoms with Crippen LogP contribution < -0.4 is 20.1 Å². The van der Waals surface area contributed by atoms with E-state index in [-0.39, 0.29) is 42.6 Å². The molecule has 3 N–H and O–H groups in total. The van der Waals surface area contributed by atoms with Gasteiger partial charge in [0.2, 0.25) is 17.7 Å². The molecule has 1 atom stereocenters. The lowest BCUT2D eigenvalue weighted by Crippen LogP contribution is -2.54. The summed E-state index contributed by atoms with van der Waals surface area (Å²) >= 11 is 0. The van der Waals surface area contributed by atoms with E-state index in [4.69, 9.17) is 19.0 Å². The third-order valence-electron chi connectivity index (χ3n) is 8.63. The van der Waals surface area contributed by atoms with Crippen molar-refractivity contribution in [3.63, 3.8) is 0 Å². The molecular formula is C36H36N4O8. The van der Waals surface area contributed by atoms with Gasteiger partial charge in [0.05, 0.1) is 24.3 Å². The van der Waals surface area contributed by atoms with Crippen molar-refractivity contribution in [3.8, 4) is 11.5 Å². The lowest BCUT2D eigenvalue weighted by atomic mass is 9.78. The molecule has 2 aliphatic rings. The summed E-state index contributed by atoms with van der Waals surface area (Å²) in [6.07, 6.45) is 2.29. The number of fused-ring (bicyclic) bond motifs is 1. The van der Waals surface area contributed by atoms with Gasteiger partial charge in [0, 0.05) is 24.1 Å². The monoisotopic (exact) mass is 652 g/mol. The van der Waals surface area contributed by atoms with Gasteiger partial charge in [0.1, 0.15) is 29.5 Å². The number of ether oxygens (including phenoxy) is 2. The molecule has 0 spiro atoms. The van der Waals surface area contributed by atoms with Crippen LogP contribution in [0.4, 0.5) is 5.69 Å². The van der Waals surface area contributed by atoms with Crippen molar-refractivity contribution in [3.05, 3.63) is 107 Å².